The van der Waals surface area contributed by atoms with E-state index in [2.05, 4.69) is 20.8 Å². The molecule has 0 aromatic carbocycles. The Morgan fingerprint density at radius 2 is 1.88 bits per heavy atom. The minimum Gasteiger partial charge on any atom is -0.312 e. The molecule has 0 radical (unpaired) electrons. The minimum absolute atomic E-state index is 0.0936. The van der Waals surface area contributed by atoms with E-state index < -0.39 is 0 Å². The van der Waals surface area contributed by atoms with Crippen molar-refractivity contribution in [1.29, 1.82) is 0 Å². The number of hydrogen-bond donors (Lipinski definition) is 0. The molecule has 1 aromatic rings. The van der Waals surface area contributed by atoms with Crippen molar-refractivity contribution >= 4 is 5.78 Å². The molecule has 3 heteroatoms. The molecule has 0 aliphatic heterocycles. The number of carbonyl (C=O) groups is 1. The topological polar surface area (TPSA) is 39.1 Å². The summed E-state index contributed by atoms with van der Waals surface area (Å²) in [6, 6.07) is 3.55. The molecule has 0 aliphatic carbocycles. The zero-order valence-electron chi connectivity index (χ0n) is 11.3. The summed E-state index contributed by atoms with van der Waals surface area (Å²) in [5.74, 6) is -0.166. The van der Waals surface area contributed by atoms with E-state index in [4.69, 9.17) is 0 Å². The fourth-order valence-electron chi connectivity index (χ4n) is 1.95. The zero-order chi connectivity index (χ0) is 13.2. The number of carbonyl (C=O) groups excluding carboxylic acids is 1. The van der Waals surface area contributed by atoms with Gasteiger partial charge in [0.2, 0.25) is 0 Å². The van der Waals surface area contributed by atoms with Crippen LogP contribution in [-0.2, 0) is 12.0 Å². The zero-order valence-corrected chi connectivity index (χ0v) is 11.3. The van der Waals surface area contributed by atoms with Gasteiger partial charge in [-0.15, -0.1) is 0 Å². The second-order valence-corrected chi connectivity index (χ2v) is 5.40. The first-order chi connectivity index (χ1) is 7.79. The first-order valence-corrected chi connectivity index (χ1v) is 6.04. The maximum atomic E-state index is 12.2. The monoisotopic (exact) mass is 235 g/mol. The molecule has 0 N–H and O–H groups in total. The van der Waals surface area contributed by atoms with Gasteiger partial charge in [0.15, 0.2) is 5.78 Å². The van der Waals surface area contributed by atoms with Crippen LogP contribution in [0, 0.1) is 0 Å². The molecule has 0 amide bonds. The lowest BCUT2D eigenvalue weighted by Crippen LogP contribution is -2.32. The van der Waals surface area contributed by atoms with Crippen molar-refractivity contribution in [3.05, 3.63) is 33.7 Å². The van der Waals surface area contributed by atoms with Crippen molar-refractivity contribution in [3.8, 4) is 0 Å². The third kappa shape index (κ3) is 2.84. The van der Waals surface area contributed by atoms with Crippen LogP contribution in [0.1, 0.15) is 57.1 Å². The molecule has 0 unspecified atom stereocenters. The summed E-state index contributed by atoms with van der Waals surface area (Å²) in [4.78, 5) is 23.6. The number of pyridine rings is 1. The number of ketones is 1. The predicted molar refractivity (Wildman–Crippen MR) is 69.7 cm³/mol. The van der Waals surface area contributed by atoms with Crippen LogP contribution in [0.2, 0.25) is 0 Å². The SMILES string of the molecule is CCCn1c(C(C)(C)C)ccc(C(C)=O)c1=O. The van der Waals surface area contributed by atoms with Crippen LogP contribution in [0.25, 0.3) is 0 Å². The number of hydrogen-bond acceptors (Lipinski definition) is 2. The number of rotatable bonds is 3. The Morgan fingerprint density at radius 1 is 1.29 bits per heavy atom. The Balaban J connectivity index is 3.51. The van der Waals surface area contributed by atoms with Crippen LogP contribution < -0.4 is 5.56 Å². The first-order valence-electron chi connectivity index (χ1n) is 6.04. The van der Waals surface area contributed by atoms with Crippen molar-refractivity contribution in [2.24, 2.45) is 0 Å². The van der Waals surface area contributed by atoms with Gasteiger partial charge in [-0.2, -0.15) is 0 Å². The van der Waals surface area contributed by atoms with E-state index in [0.717, 1.165) is 12.1 Å². The van der Waals surface area contributed by atoms with Gasteiger partial charge in [-0.1, -0.05) is 27.7 Å². The average molecular weight is 235 g/mol. The Morgan fingerprint density at radius 3 is 2.29 bits per heavy atom. The lowest BCUT2D eigenvalue weighted by molar-refractivity contribution is 0.101. The highest BCUT2D eigenvalue weighted by atomic mass is 16.1. The Hall–Kier alpha value is -1.38. The van der Waals surface area contributed by atoms with Gasteiger partial charge in [0.05, 0.1) is 5.56 Å². The highest BCUT2D eigenvalue weighted by Gasteiger charge is 2.20. The highest BCUT2D eigenvalue weighted by Crippen LogP contribution is 2.21. The minimum atomic E-state index is -0.166. The average Bonchev–Trinajstić information content (AvgIpc) is 2.18. The molecule has 0 atom stereocenters. The van der Waals surface area contributed by atoms with Crippen LogP contribution >= 0.6 is 0 Å². The van der Waals surface area contributed by atoms with Gasteiger partial charge >= 0.3 is 0 Å². The number of Topliss-reactive ketones (excluding diaryl/α,β-unsaturated/α-hetero) is 1. The van der Waals surface area contributed by atoms with Crippen LogP contribution in [0.3, 0.4) is 0 Å². The Bertz CT molecular complexity index is 478. The van der Waals surface area contributed by atoms with Crippen molar-refractivity contribution in [3.63, 3.8) is 0 Å². The van der Waals surface area contributed by atoms with Crippen molar-refractivity contribution < 1.29 is 4.79 Å². The molecule has 1 rings (SSSR count). The van der Waals surface area contributed by atoms with E-state index in [1.165, 1.54) is 6.92 Å². The van der Waals surface area contributed by atoms with Gasteiger partial charge in [0.1, 0.15) is 0 Å². The molecule has 0 saturated carbocycles. The van der Waals surface area contributed by atoms with E-state index in [1.54, 1.807) is 10.6 Å². The molecule has 0 aliphatic rings. The molecule has 0 fully saturated rings. The van der Waals surface area contributed by atoms with Gasteiger partial charge in [-0.05, 0) is 25.5 Å². The maximum absolute atomic E-state index is 12.2. The van der Waals surface area contributed by atoms with Gasteiger partial charge in [-0.3, -0.25) is 9.59 Å². The van der Waals surface area contributed by atoms with E-state index in [-0.39, 0.29) is 22.3 Å². The normalized spacial score (nSPS) is 11.6. The highest BCUT2D eigenvalue weighted by molar-refractivity contribution is 5.93. The standard InChI is InChI=1S/C14H21NO2/c1-6-9-15-12(14(3,4)5)8-7-11(10(2)16)13(15)17/h7-8H,6,9H2,1-5H3. The molecular formula is C14H21NO2. The summed E-state index contributed by atoms with van der Waals surface area (Å²) in [6.45, 7) is 10.3. The van der Waals surface area contributed by atoms with Crippen LogP contribution in [0.15, 0.2) is 16.9 Å². The molecule has 0 bridgehead atoms. The van der Waals surface area contributed by atoms with Gasteiger partial charge in [0.25, 0.3) is 5.56 Å². The summed E-state index contributed by atoms with van der Waals surface area (Å²) in [5, 5.41) is 0. The summed E-state index contributed by atoms with van der Waals surface area (Å²) in [7, 11) is 0. The van der Waals surface area contributed by atoms with Gasteiger partial charge in [-0.25, -0.2) is 0 Å². The third-order valence-electron chi connectivity index (χ3n) is 2.77. The smallest absolute Gasteiger partial charge is 0.261 e. The second-order valence-electron chi connectivity index (χ2n) is 5.40. The lowest BCUT2D eigenvalue weighted by Gasteiger charge is -2.24. The fraction of sp³-hybridized carbons (Fsp3) is 0.571. The quantitative estimate of drug-likeness (QED) is 0.756. The molecule has 1 aromatic heterocycles. The molecule has 1 heterocycles. The van der Waals surface area contributed by atoms with E-state index in [0.29, 0.717) is 6.54 Å². The van der Waals surface area contributed by atoms with E-state index in [1.807, 2.05) is 13.0 Å². The van der Waals surface area contributed by atoms with Crippen LogP contribution in [0.5, 0.6) is 0 Å². The molecular weight excluding hydrogens is 214 g/mol. The maximum Gasteiger partial charge on any atom is 0.261 e. The van der Waals surface area contributed by atoms with Crippen LogP contribution in [-0.4, -0.2) is 10.4 Å². The predicted octanol–water partition coefficient (Wildman–Crippen LogP) is 2.76. The Labute approximate surface area is 102 Å². The molecule has 0 saturated heterocycles. The van der Waals surface area contributed by atoms with E-state index in [9.17, 15) is 9.59 Å². The van der Waals surface area contributed by atoms with Crippen molar-refractivity contribution in [2.75, 3.05) is 0 Å². The van der Waals surface area contributed by atoms with Crippen molar-refractivity contribution in [2.45, 2.75) is 53.0 Å². The molecule has 17 heavy (non-hydrogen) atoms. The lowest BCUT2D eigenvalue weighted by atomic mass is 9.90. The fourth-order valence-corrected chi connectivity index (χ4v) is 1.95. The van der Waals surface area contributed by atoms with Crippen molar-refractivity contribution in [1.82, 2.24) is 4.57 Å². The summed E-state index contributed by atoms with van der Waals surface area (Å²) >= 11 is 0. The summed E-state index contributed by atoms with van der Waals surface area (Å²) in [6.07, 6.45) is 0.879. The molecule has 0 spiro atoms. The van der Waals surface area contributed by atoms with Gasteiger partial charge < -0.3 is 4.57 Å². The largest absolute Gasteiger partial charge is 0.312 e. The summed E-state index contributed by atoms with van der Waals surface area (Å²) in [5.41, 5.74) is 1.01. The Kier molecular flexibility index (Phi) is 3.91. The number of aromatic nitrogens is 1. The second kappa shape index (κ2) is 4.86. The van der Waals surface area contributed by atoms with Crippen LogP contribution in [0.4, 0.5) is 0 Å². The summed E-state index contributed by atoms with van der Waals surface area (Å²) < 4.78 is 1.73. The third-order valence-corrected chi connectivity index (χ3v) is 2.77. The first kappa shape index (κ1) is 13.7. The number of nitrogens with zero attached hydrogens (tertiary/aromatic N) is 1. The molecule has 3 nitrogen and oxygen atoms in total. The van der Waals surface area contributed by atoms with E-state index >= 15 is 0 Å². The van der Waals surface area contributed by atoms with Gasteiger partial charge in [0, 0.05) is 17.7 Å². The molecule has 94 valence electrons.